The van der Waals surface area contributed by atoms with Crippen LogP contribution in [0.5, 0.6) is 0 Å². The zero-order valence-corrected chi connectivity index (χ0v) is 18.4. The Bertz CT molecular complexity index is 820. The van der Waals surface area contributed by atoms with E-state index in [1.165, 1.54) is 11.1 Å². The summed E-state index contributed by atoms with van der Waals surface area (Å²) in [5.41, 5.74) is 7.94. The van der Waals surface area contributed by atoms with Crippen LogP contribution in [0.1, 0.15) is 41.6 Å². The van der Waals surface area contributed by atoms with Gasteiger partial charge in [-0.3, -0.25) is 4.79 Å². The zero-order chi connectivity index (χ0) is 19.1. The van der Waals surface area contributed by atoms with E-state index in [0.29, 0.717) is 12.3 Å². The summed E-state index contributed by atoms with van der Waals surface area (Å²) < 4.78 is 5.41. The number of nitrogens with one attached hydrogen (secondary N) is 1. The van der Waals surface area contributed by atoms with Crippen molar-refractivity contribution in [1.29, 1.82) is 0 Å². The van der Waals surface area contributed by atoms with Crippen LogP contribution in [0.15, 0.2) is 57.4 Å². The van der Waals surface area contributed by atoms with Crippen molar-refractivity contribution in [2.75, 3.05) is 19.6 Å². The number of primary amides is 1. The van der Waals surface area contributed by atoms with Crippen molar-refractivity contribution < 1.29 is 9.21 Å². The zero-order valence-electron chi connectivity index (χ0n) is 16.1. The number of halogens is 1. The number of hydrogen-bond acceptors (Lipinski definition) is 3. The summed E-state index contributed by atoms with van der Waals surface area (Å²) in [5.74, 6) is 1.10. The first-order chi connectivity index (χ1) is 13.2. The molecule has 0 aliphatic carbocycles. The van der Waals surface area contributed by atoms with E-state index >= 15 is 0 Å². The van der Waals surface area contributed by atoms with Crippen molar-refractivity contribution in [3.05, 3.63) is 65.1 Å². The first-order valence-electron chi connectivity index (χ1n) is 9.32. The van der Waals surface area contributed by atoms with E-state index in [9.17, 15) is 4.79 Å². The van der Waals surface area contributed by atoms with Gasteiger partial charge in [0, 0.05) is 19.6 Å². The van der Waals surface area contributed by atoms with Crippen molar-refractivity contribution in [3.8, 4) is 0 Å². The van der Waals surface area contributed by atoms with Gasteiger partial charge in [-0.2, -0.15) is 0 Å². The number of hydrogen-bond donors (Lipinski definition) is 2. The van der Waals surface area contributed by atoms with Gasteiger partial charge in [0.1, 0.15) is 12.3 Å². The Kier molecular flexibility index (Phi) is 8.56. The number of nitrogens with two attached hydrogens (primary N) is 1. The summed E-state index contributed by atoms with van der Waals surface area (Å²) in [7, 11) is 0. The number of carbonyl (C=O) groups excluding carboxylic acids is 1. The van der Waals surface area contributed by atoms with Gasteiger partial charge in [0.05, 0.1) is 0 Å². The van der Waals surface area contributed by atoms with Crippen LogP contribution in [0, 0.1) is 0 Å². The summed E-state index contributed by atoms with van der Waals surface area (Å²) in [6.07, 6.45) is 4.33. The molecule has 150 valence electrons. The molecular formula is C21H27IN4O2. The molecule has 28 heavy (non-hydrogen) atoms. The van der Waals surface area contributed by atoms with Crippen LogP contribution in [-0.2, 0) is 6.54 Å². The lowest BCUT2D eigenvalue weighted by Gasteiger charge is -2.31. The molecule has 1 aromatic carbocycles. The summed E-state index contributed by atoms with van der Waals surface area (Å²) in [6, 6.07) is 13.8. The lowest BCUT2D eigenvalue weighted by atomic mass is 10.0. The Morgan fingerprint density at radius 2 is 1.93 bits per heavy atom. The number of likely N-dealkylation sites (tertiary alicyclic amines) is 1. The normalized spacial score (nSPS) is 14.4. The molecule has 0 unspecified atom stereocenters. The van der Waals surface area contributed by atoms with E-state index in [-0.39, 0.29) is 29.7 Å². The van der Waals surface area contributed by atoms with Crippen LogP contribution in [0.25, 0.3) is 6.08 Å². The van der Waals surface area contributed by atoms with Crippen LogP contribution >= 0.6 is 24.0 Å². The molecule has 1 fully saturated rings. The molecule has 2 heterocycles. The van der Waals surface area contributed by atoms with Gasteiger partial charge in [0.15, 0.2) is 11.7 Å². The third-order valence-electron chi connectivity index (χ3n) is 4.50. The van der Waals surface area contributed by atoms with E-state index < -0.39 is 5.91 Å². The maximum absolute atomic E-state index is 11.1. The standard InChI is InChI=1S/C21H26N4O2.HI/c1-2-23-21(24-15-18-8-9-19(27-18)20(22)26)25-12-10-17(11-13-25)14-16-6-4-3-5-7-16;/h3-9,14H,2,10-13,15H2,1H3,(H2,22,26)(H,23,24);1H. The van der Waals surface area contributed by atoms with E-state index in [1.54, 1.807) is 12.1 Å². The molecule has 0 bridgehead atoms. The van der Waals surface area contributed by atoms with Crippen LogP contribution in [0.2, 0.25) is 0 Å². The minimum absolute atomic E-state index is 0. The molecule has 1 aromatic heterocycles. The number of amides is 1. The fourth-order valence-corrected chi connectivity index (χ4v) is 3.11. The van der Waals surface area contributed by atoms with E-state index in [1.807, 2.05) is 6.07 Å². The Morgan fingerprint density at radius 1 is 1.21 bits per heavy atom. The molecule has 3 N–H and O–H groups in total. The SMILES string of the molecule is CCNC(=NCc1ccc(C(N)=O)o1)N1CCC(=Cc2ccccc2)CC1.I. The topological polar surface area (TPSA) is 83.9 Å². The van der Waals surface area contributed by atoms with Crippen LogP contribution in [-0.4, -0.2) is 36.4 Å². The van der Waals surface area contributed by atoms with Gasteiger partial charge >= 0.3 is 0 Å². The third-order valence-corrected chi connectivity index (χ3v) is 4.50. The predicted molar refractivity (Wildman–Crippen MR) is 123 cm³/mol. The lowest BCUT2D eigenvalue weighted by molar-refractivity contribution is 0.0972. The Balaban J connectivity index is 0.00000280. The maximum Gasteiger partial charge on any atom is 0.284 e. The maximum atomic E-state index is 11.1. The molecule has 6 nitrogen and oxygen atoms in total. The van der Waals surface area contributed by atoms with E-state index in [4.69, 9.17) is 10.2 Å². The van der Waals surface area contributed by atoms with Crippen molar-refractivity contribution >= 4 is 41.9 Å². The van der Waals surface area contributed by atoms with Gasteiger partial charge in [0.25, 0.3) is 5.91 Å². The predicted octanol–water partition coefficient (Wildman–Crippen LogP) is 3.64. The highest BCUT2D eigenvalue weighted by Gasteiger charge is 2.17. The fourth-order valence-electron chi connectivity index (χ4n) is 3.11. The minimum Gasteiger partial charge on any atom is -0.454 e. The molecule has 0 atom stereocenters. The van der Waals surface area contributed by atoms with Gasteiger partial charge in [-0.05, 0) is 37.5 Å². The van der Waals surface area contributed by atoms with Gasteiger partial charge in [-0.15, -0.1) is 24.0 Å². The number of benzene rings is 1. The number of aliphatic imine (C=N–C) groups is 1. The summed E-state index contributed by atoms with van der Waals surface area (Å²) in [5, 5.41) is 3.34. The highest BCUT2D eigenvalue weighted by molar-refractivity contribution is 14.0. The smallest absolute Gasteiger partial charge is 0.284 e. The summed E-state index contributed by atoms with van der Waals surface area (Å²) in [4.78, 5) is 18.1. The molecule has 7 heteroatoms. The Labute approximate surface area is 182 Å². The summed E-state index contributed by atoms with van der Waals surface area (Å²) in [6.45, 7) is 5.08. The molecule has 1 aliphatic rings. The number of furan rings is 1. The monoisotopic (exact) mass is 494 g/mol. The number of nitrogens with zero attached hydrogens (tertiary/aromatic N) is 2. The molecular weight excluding hydrogens is 467 g/mol. The first kappa shape index (κ1) is 22.0. The Morgan fingerprint density at radius 3 is 2.54 bits per heavy atom. The quantitative estimate of drug-likeness (QED) is 0.378. The van der Waals surface area contributed by atoms with Gasteiger partial charge in [-0.1, -0.05) is 42.0 Å². The van der Waals surface area contributed by atoms with Crippen LogP contribution in [0.4, 0.5) is 0 Å². The molecule has 1 saturated heterocycles. The van der Waals surface area contributed by atoms with Crippen molar-refractivity contribution in [3.63, 3.8) is 0 Å². The molecule has 2 aromatic rings. The van der Waals surface area contributed by atoms with Crippen molar-refractivity contribution in [1.82, 2.24) is 10.2 Å². The van der Waals surface area contributed by atoms with Crippen LogP contribution < -0.4 is 11.1 Å². The van der Waals surface area contributed by atoms with Gasteiger partial charge in [-0.25, -0.2) is 4.99 Å². The van der Waals surface area contributed by atoms with Crippen molar-refractivity contribution in [2.24, 2.45) is 10.7 Å². The molecule has 0 radical (unpaired) electrons. The largest absolute Gasteiger partial charge is 0.454 e. The van der Waals surface area contributed by atoms with Crippen molar-refractivity contribution in [2.45, 2.75) is 26.3 Å². The average molecular weight is 494 g/mol. The Hall–Kier alpha value is -2.29. The summed E-state index contributed by atoms with van der Waals surface area (Å²) >= 11 is 0. The second-order valence-corrected chi connectivity index (χ2v) is 6.50. The second kappa shape index (κ2) is 10.9. The third kappa shape index (κ3) is 6.12. The molecule has 0 spiro atoms. The fraction of sp³-hybridized carbons (Fsp3) is 0.333. The van der Waals surface area contributed by atoms with Gasteiger partial charge in [0.2, 0.25) is 0 Å². The van der Waals surface area contributed by atoms with E-state index in [0.717, 1.165) is 38.4 Å². The van der Waals surface area contributed by atoms with E-state index in [2.05, 4.69) is 52.5 Å². The first-order valence-corrected chi connectivity index (χ1v) is 9.32. The second-order valence-electron chi connectivity index (χ2n) is 6.50. The van der Waals surface area contributed by atoms with Crippen LogP contribution in [0.3, 0.4) is 0 Å². The highest BCUT2D eigenvalue weighted by Crippen LogP contribution is 2.19. The minimum atomic E-state index is -0.564. The lowest BCUT2D eigenvalue weighted by Crippen LogP contribution is -2.44. The number of piperidine rings is 1. The molecule has 1 amide bonds. The molecule has 3 rings (SSSR count). The highest BCUT2D eigenvalue weighted by atomic mass is 127. The number of guanidine groups is 1. The van der Waals surface area contributed by atoms with Gasteiger partial charge < -0.3 is 20.4 Å². The average Bonchev–Trinajstić information content (AvgIpc) is 3.16. The molecule has 1 aliphatic heterocycles. The number of carbonyl (C=O) groups is 1. The molecule has 0 saturated carbocycles. The number of rotatable bonds is 5.